The summed E-state index contributed by atoms with van der Waals surface area (Å²) >= 11 is 0. The molecule has 0 saturated carbocycles. The molecule has 25 heavy (non-hydrogen) atoms. The molecule has 0 aliphatic carbocycles. The van der Waals surface area contributed by atoms with Crippen molar-refractivity contribution in [3.63, 3.8) is 0 Å². The number of rotatable bonds is 3. The van der Waals surface area contributed by atoms with Crippen molar-refractivity contribution in [2.24, 2.45) is 0 Å². The van der Waals surface area contributed by atoms with Crippen LogP contribution in [0.4, 0.5) is 16.2 Å². The third-order valence-electron chi connectivity index (χ3n) is 4.14. The smallest absolute Gasteiger partial charge is 0.410 e. The average molecular weight is 349 g/mol. The largest absolute Gasteiger partial charge is 0.444 e. The molecule has 1 aromatic carbocycles. The molecule has 1 amide bonds. The maximum Gasteiger partial charge on any atom is 0.410 e. The number of nitro groups is 1. The lowest BCUT2D eigenvalue weighted by Gasteiger charge is -2.26. The lowest BCUT2D eigenvalue weighted by atomic mass is 10.1. The number of amides is 1. The van der Waals surface area contributed by atoms with Gasteiger partial charge in [-0.25, -0.2) is 4.79 Å². The molecular formula is C18H27N3O4. The van der Waals surface area contributed by atoms with Crippen LogP contribution in [-0.4, -0.2) is 40.6 Å². The van der Waals surface area contributed by atoms with Crippen LogP contribution in [-0.2, 0) is 4.74 Å². The molecule has 1 saturated heterocycles. The van der Waals surface area contributed by atoms with E-state index in [1.165, 1.54) is 6.07 Å². The van der Waals surface area contributed by atoms with Crippen LogP contribution in [0.3, 0.4) is 0 Å². The van der Waals surface area contributed by atoms with Crippen molar-refractivity contribution in [2.45, 2.75) is 58.6 Å². The highest BCUT2D eigenvalue weighted by atomic mass is 16.6. The molecule has 0 bridgehead atoms. The van der Waals surface area contributed by atoms with Gasteiger partial charge in [0.1, 0.15) is 5.60 Å². The SMILES string of the molecule is Cc1cc(NC2CCCN(C(=O)OC(C)(C)C)CC2)ccc1[N+](=O)[O-]. The Morgan fingerprint density at radius 2 is 2.04 bits per heavy atom. The fourth-order valence-corrected chi connectivity index (χ4v) is 2.94. The van der Waals surface area contributed by atoms with Crippen molar-refractivity contribution in [1.29, 1.82) is 0 Å². The maximum atomic E-state index is 12.2. The molecule has 1 atom stereocenters. The molecule has 1 heterocycles. The van der Waals surface area contributed by atoms with Gasteiger partial charge >= 0.3 is 6.09 Å². The quantitative estimate of drug-likeness (QED) is 0.656. The minimum atomic E-state index is -0.489. The molecule has 0 radical (unpaired) electrons. The van der Waals surface area contributed by atoms with Gasteiger partial charge in [0.15, 0.2) is 0 Å². The molecule has 1 unspecified atom stereocenters. The first kappa shape index (κ1) is 19.0. The van der Waals surface area contributed by atoms with Gasteiger partial charge in [-0.15, -0.1) is 0 Å². The lowest BCUT2D eigenvalue weighted by molar-refractivity contribution is -0.385. The number of anilines is 1. The average Bonchev–Trinajstić information content (AvgIpc) is 2.71. The van der Waals surface area contributed by atoms with E-state index < -0.39 is 5.60 Å². The summed E-state index contributed by atoms with van der Waals surface area (Å²) in [6.07, 6.45) is 2.38. The van der Waals surface area contributed by atoms with Crippen LogP contribution in [0.15, 0.2) is 18.2 Å². The summed E-state index contributed by atoms with van der Waals surface area (Å²) in [4.78, 5) is 24.5. The summed E-state index contributed by atoms with van der Waals surface area (Å²) in [6, 6.07) is 5.30. The predicted molar refractivity (Wildman–Crippen MR) is 96.9 cm³/mol. The molecule has 0 spiro atoms. The Labute approximate surface area is 148 Å². The van der Waals surface area contributed by atoms with E-state index in [1.807, 2.05) is 20.8 Å². The highest BCUT2D eigenvalue weighted by molar-refractivity contribution is 5.68. The molecule has 0 aromatic heterocycles. The van der Waals surface area contributed by atoms with E-state index in [1.54, 1.807) is 24.0 Å². The van der Waals surface area contributed by atoms with E-state index in [2.05, 4.69) is 5.32 Å². The Bertz CT molecular complexity index is 640. The number of benzene rings is 1. The third-order valence-corrected chi connectivity index (χ3v) is 4.14. The van der Waals surface area contributed by atoms with Gasteiger partial charge in [0.25, 0.3) is 5.69 Å². The maximum absolute atomic E-state index is 12.2. The number of ether oxygens (including phenoxy) is 1. The number of aryl methyl sites for hydroxylation is 1. The highest BCUT2D eigenvalue weighted by Crippen LogP contribution is 2.24. The number of nitro benzene ring substituents is 1. The molecule has 7 heteroatoms. The second-order valence-electron chi connectivity index (χ2n) is 7.50. The number of carbonyl (C=O) groups is 1. The first-order valence-corrected chi connectivity index (χ1v) is 8.65. The van der Waals surface area contributed by atoms with Gasteiger partial charge in [-0.1, -0.05) is 0 Å². The summed E-state index contributed by atoms with van der Waals surface area (Å²) in [5.74, 6) is 0. The number of hydrogen-bond donors (Lipinski definition) is 1. The van der Waals surface area contributed by atoms with Crippen LogP contribution in [0, 0.1) is 17.0 Å². The van der Waals surface area contributed by atoms with Crippen LogP contribution in [0.2, 0.25) is 0 Å². The fraction of sp³-hybridized carbons (Fsp3) is 0.611. The normalized spacial score (nSPS) is 18.4. The van der Waals surface area contributed by atoms with E-state index in [0.29, 0.717) is 18.7 Å². The van der Waals surface area contributed by atoms with Crippen molar-refractivity contribution in [1.82, 2.24) is 4.90 Å². The topological polar surface area (TPSA) is 84.7 Å². The number of carbonyl (C=O) groups excluding carboxylic acids is 1. The molecule has 1 fully saturated rings. The van der Waals surface area contributed by atoms with E-state index in [0.717, 1.165) is 24.9 Å². The summed E-state index contributed by atoms with van der Waals surface area (Å²) in [6.45, 7) is 8.66. The van der Waals surface area contributed by atoms with Gasteiger partial charge in [0.2, 0.25) is 0 Å². The summed E-state index contributed by atoms with van der Waals surface area (Å²) in [5, 5.41) is 14.3. The van der Waals surface area contributed by atoms with Gasteiger partial charge in [-0.05, 0) is 59.1 Å². The van der Waals surface area contributed by atoms with E-state index >= 15 is 0 Å². The zero-order chi connectivity index (χ0) is 18.6. The molecule has 7 nitrogen and oxygen atoms in total. The number of hydrogen-bond acceptors (Lipinski definition) is 5. The number of likely N-dealkylation sites (tertiary alicyclic amines) is 1. The first-order valence-electron chi connectivity index (χ1n) is 8.65. The zero-order valence-corrected chi connectivity index (χ0v) is 15.4. The molecule has 1 N–H and O–H groups in total. The molecule has 138 valence electrons. The Kier molecular flexibility index (Phi) is 5.87. The molecule has 1 aromatic rings. The van der Waals surface area contributed by atoms with E-state index in [-0.39, 0.29) is 22.7 Å². The lowest BCUT2D eigenvalue weighted by Crippen LogP contribution is -2.37. The Morgan fingerprint density at radius 3 is 2.64 bits per heavy atom. The summed E-state index contributed by atoms with van der Waals surface area (Å²) < 4.78 is 5.44. The van der Waals surface area contributed by atoms with E-state index in [9.17, 15) is 14.9 Å². The number of nitrogens with one attached hydrogen (secondary N) is 1. The second kappa shape index (κ2) is 7.72. The van der Waals surface area contributed by atoms with Gasteiger partial charge in [-0.3, -0.25) is 10.1 Å². The highest BCUT2D eigenvalue weighted by Gasteiger charge is 2.25. The Hall–Kier alpha value is -2.31. The summed E-state index contributed by atoms with van der Waals surface area (Å²) in [7, 11) is 0. The van der Waals surface area contributed by atoms with Crippen molar-refractivity contribution in [3.05, 3.63) is 33.9 Å². The minimum absolute atomic E-state index is 0.127. The summed E-state index contributed by atoms with van der Waals surface area (Å²) in [5.41, 5.74) is 1.15. The van der Waals surface area contributed by atoms with Crippen molar-refractivity contribution in [3.8, 4) is 0 Å². The predicted octanol–water partition coefficient (Wildman–Crippen LogP) is 4.10. The van der Waals surface area contributed by atoms with Crippen molar-refractivity contribution in [2.75, 3.05) is 18.4 Å². The Balaban J connectivity index is 1.94. The second-order valence-corrected chi connectivity index (χ2v) is 7.50. The van der Waals surface area contributed by atoms with Crippen LogP contribution in [0.1, 0.15) is 45.6 Å². The fourth-order valence-electron chi connectivity index (χ4n) is 2.94. The van der Waals surface area contributed by atoms with Crippen LogP contribution >= 0.6 is 0 Å². The first-order chi connectivity index (χ1) is 11.7. The molecule has 1 aliphatic rings. The van der Waals surface area contributed by atoms with Crippen LogP contribution < -0.4 is 5.32 Å². The van der Waals surface area contributed by atoms with Crippen LogP contribution in [0.5, 0.6) is 0 Å². The van der Waals surface area contributed by atoms with Gasteiger partial charge in [0, 0.05) is 36.4 Å². The third kappa shape index (κ3) is 5.62. The monoisotopic (exact) mass is 349 g/mol. The van der Waals surface area contributed by atoms with Gasteiger partial charge in [-0.2, -0.15) is 0 Å². The van der Waals surface area contributed by atoms with Gasteiger partial charge < -0.3 is 15.0 Å². The molecular weight excluding hydrogens is 322 g/mol. The zero-order valence-electron chi connectivity index (χ0n) is 15.4. The van der Waals surface area contributed by atoms with Crippen molar-refractivity contribution >= 4 is 17.5 Å². The number of nitrogens with zero attached hydrogens (tertiary/aromatic N) is 2. The van der Waals surface area contributed by atoms with Gasteiger partial charge in [0.05, 0.1) is 4.92 Å². The minimum Gasteiger partial charge on any atom is -0.444 e. The Morgan fingerprint density at radius 1 is 1.32 bits per heavy atom. The molecule has 1 aliphatic heterocycles. The van der Waals surface area contributed by atoms with E-state index in [4.69, 9.17) is 4.74 Å². The molecule has 2 rings (SSSR count). The van der Waals surface area contributed by atoms with Crippen molar-refractivity contribution < 1.29 is 14.5 Å². The van der Waals surface area contributed by atoms with Crippen LogP contribution in [0.25, 0.3) is 0 Å². The standard InChI is InChI=1S/C18H27N3O4/c1-13-12-15(7-8-16(13)21(23)24)19-14-6-5-10-20(11-9-14)17(22)25-18(2,3)4/h7-8,12,14,19H,5-6,9-11H2,1-4H3.